The lowest BCUT2D eigenvalue weighted by atomic mass is 10.1. The summed E-state index contributed by atoms with van der Waals surface area (Å²) in [5.74, 6) is 2.83. The van der Waals surface area contributed by atoms with Gasteiger partial charge in [-0.1, -0.05) is 11.6 Å². The quantitative estimate of drug-likeness (QED) is 0.0802. The van der Waals surface area contributed by atoms with Gasteiger partial charge in [-0.05, 0) is 43.2 Å². The summed E-state index contributed by atoms with van der Waals surface area (Å²) in [5, 5.41) is 2.58. The number of methoxy groups -OCH3 is 5. The summed E-state index contributed by atoms with van der Waals surface area (Å²) in [6.45, 7) is 2.19. The van der Waals surface area contributed by atoms with E-state index in [0.717, 1.165) is 21.5 Å². The van der Waals surface area contributed by atoms with Crippen molar-refractivity contribution in [3.8, 4) is 45.8 Å². The molecule has 10 nitrogen and oxygen atoms in total. The van der Waals surface area contributed by atoms with Crippen LogP contribution in [-0.2, 0) is 0 Å². The van der Waals surface area contributed by atoms with Crippen LogP contribution >= 0.6 is 23.4 Å². The molecule has 0 saturated heterocycles. The summed E-state index contributed by atoms with van der Waals surface area (Å²) in [4.78, 5) is 22.9. The number of thioether (sulfide) groups is 1. The topological polar surface area (TPSA) is 111 Å². The number of hydrogen-bond acceptors (Lipinski definition) is 11. The van der Waals surface area contributed by atoms with Gasteiger partial charge in [-0.25, -0.2) is 9.97 Å². The van der Waals surface area contributed by atoms with Crippen LogP contribution in [-0.4, -0.2) is 57.9 Å². The standard InChI is InChI=1S/C32H31ClN2O8S/c1-17-10-19(33)13-21-27(17)34-16-35-32(21)44-9-7-8-42-31-28(36)26-22(38-3)14-20(37-2)15-23(26)43-29(31)18-11-24(39-4)30(41-6)25(12-18)40-5/h10-16H,7-9H2,1-6H3. The van der Waals surface area contributed by atoms with Crippen LogP contribution in [0, 0.1) is 6.92 Å². The normalized spacial score (nSPS) is 11.1. The van der Waals surface area contributed by atoms with Crippen molar-refractivity contribution in [1.82, 2.24) is 9.97 Å². The Kier molecular flexibility index (Phi) is 9.55. The van der Waals surface area contributed by atoms with Gasteiger partial charge in [0.25, 0.3) is 0 Å². The van der Waals surface area contributed by atoms with Crippen molar-refractivity contribution in [3.05, 3.63) is 63.5 Å². The van der Waals surface area contributed by atoms with Crippen molar-refractivity contribution < 1.29 is 32.8 Å². The molecule has 5 aromatic rings. The zero-order valence-corrected chi connectivity index (χ0v) is 26.7. The van der Waals surface area contributed by atoms with Crippen LogP contribution in [0.3, 0.4) is 0 Å². The first-order chi connectivity index (χ1) is 21.3. The Morgan fingerprint density at radius 3 is 2.23 bits per heavy atom. The van der Waals surface area contributed by atoms with E-state index in [0.29, 0.717) is 51.5 Å². The van der Waals surface area contributed by atoms with E-state index in [1.807, 2.05) is 19.1 Å². The van der Waals surface area contributed by atoms with Crippen LogP contribution in [0.5, 0.6) is 34.5 Å². The third kappa shape index (κ3) is 6.02. The number of benzene rings is 3. The second kappa shape index (κ2) is 13.5. The molecule has 0 aliphatic rings. The number of rotatable bonds is 12. The van der Waals surface area contributed by atoms with Gasteiger partial charge in [-0.3, -0.25) is 4.79 Å². The minimum Gasteiger partial charge on any atom is -0.496 e. The number of aryl methyl sites for hydroxylation is 1. The molecule has 0 saturated carbocycles. The smallest absolute Gasteiger partial charge is 0.239 e. The van der Waals surface area contributed by atoms with Crippen LogP contribution in [0.15, 0.2) is 57.0 Å². The molecule has 2 aromatic heterocycles. The zero-order valence-electron chi connectivity index (χ0n) is 25.1. The average Bonchev–Trinajstić information content (AvgIpc) is 3.03. The van der Waals surface area contributed by atoms with Crippen molar-refractivity contribution in [1.29, 1.82) is 0 Å². The number of nitrogens with zero attached hydrogens (tertiary/aromatic N) is 2. The van der Waals surface area contributed by atoms with E-state index in [9.17, 15) is 4.79 Å². The van der Waals surface area contributed by atoms with E-state index in [1.165, 1.54) is 35.5 Å². The van der Waals surface area contributed by atoms with Gasteiger partial charge in [0.05, 0.1) is 47.7 Å². The van der Waals surface area contributed by atoms with Gasteiger partial charge in [-0.2, -0.15) is 0 Å². The molecule has 3 aromatic carbocycles. The number of fused-ring (bicyclic) bond motifs is 2. The van der Waals surface area contributed by atoms with Gasteiger partial charge in [-0.15, -0.1) is 11.8 Å². The molecule has 0 amide bonds. The maximum atomic E-state index is 14.0. The number of hydrogen-bond donors (Lipinski definition) is 0. The molecule has 44 heavy (non-hydrogen) atoms. The van der Waals surface area contributed by atoms with Gasteiger partial charge in [0.1, 0.15) is 33.8 Å². The maximum absolute atomic E-state index is 14.0. The minimum absolute atomic E-state index is 0.0233. The lowest BCUT2D eigenvalue weighted by molar-refractivity contribution is 0.309. The third-order valence-electron chi connectivity index (χ3n) is 6.90. The summed E-state index contributed by atoms with van der Waals surface area (Å²) in [6, 6.07) is 10.4. The highest BCUT2D eigenvalue weighted by Gasteiger charge is 2.24. The first kappa shape index (κ1) is 31.1. The van der Waals surface area contributed by atoms with E-state index in [2.05, 4.69) is 9.97 Å². The van der Waals surface area contributed by atoms with Crippen molar-refractivity contribution >= 4 is 45.2 Å². The Hall–Kier alpha value is -4.35. The Labute approximate surface area is 263 Å². The molecule has 0 N–H and O–H groups in total. The highest BCUT2D eigenvalue weighted by Crippen LogP contribution is 2.44. The summed E-state index contributed by atoms with van der Waals surface area (Å²) < 4.78 is 40.0. The van der Waals surface area contributed by atoms with Crippen molar-refractivity contribution in [2.75, 3.05) is 47.9 Å². The highest BCUT2D eigenvalue weighted by molar-refractivity contribution is 7.99. The molecule has 0 unspecified atom stereocenters. The fraction of sp³-hybridized carbons (Fsp3) is 0.281. The van der Waals surface area contributed by atoms with Gasteiger partial charge in [0.2, 0.25) is 16.9 Å². The number of halogens is 1. The van der Waals surface area contributed by atoms with Gasteiger partial charge >= 0.3 is 0 Å². The molecule has 0 bridgehead atoms. The van der Waals surface area contributed by atoms with Crippen LogP contribution in [0.1, 0.15) is 12.0 Å². The Balaban J connectivity index is 1.50. The summed E-state index contributed by atoms with van der Waals surface area (Å²) >= 11 is 7.86. The molecule has 230 valence electrons. The van der Waals surface area contributed by atoms with Crippen LogP contribution in [0.4, 0.5) is 0 Å². The van der Waals surface area contributed by atoms with E-state index < -0.39 is 5.43 Å². The zero-order chi connectivity index (χ0) is 31.4. The van der Waals surface area contributed by atoms with E-state index >= 15 is 0 Å². The predicted octanol–water partition coefficient (Wildman–Crippen LogP) is 6.97. The van der Waals surface area contributed by atoms with Crippen LogP contribution < -0.4 is 33.8 Å². The van der Waals surface area contributed by atoms with E-state index in [-0.39, 0.29) is 29.1 Å². The molecule has 0 aliphatic heterocycles. The maximum Gasteiger partial charge on any atom is 0.239 e. The predicted molar refractivity (Wildman–Crippen MR) is 171 cm³/mol. The van der Waals surface area contributed by atoms with Crippen molar-refractivity contribution in [3.63, 3.8) is 0 Å². The molecule has 0 radical (unpaired) electrons. The molecule has 5 rings (SSSR count). The molecule has 0 aliphatic carbocycles. The number of ether oxygens (including phenoxy) is 6. The highest BCUT2D eigenvalue weighted by atomic mass is 35.5. The average molecular weight is 639 g/mol. The molecular formula is C32H31ClN2O8S. The second-order valence-electron chi connectivity index (χ2n) is 9.55. The summed E-state index contributed by atoms with van der Waals surface area (Å²) in [7, 11) is 7.54. The Morgan fingerprint density at radius 2 is 1.57 bits per heavy atom. The Morgan fingerprint density at radius 1 is 0.841 bits per heavy atom. The van der Waals surface area contributed by atoms with E-state index in [1.54, 1.807) is 42.4 Å². The second-order valence-corrected chi connectivity index (χ2v) is 11.1. The number of aromatic nitrogens is 2. The molecule has 0 spiro atoms. The fourth-order valence-corrected chi connectivity index (χ4v) is 6.01. The van der Waals surface area contributed by atoms with Gasteiger partial charge in [0, 0.05) is 33.9 Å². The monoisotopic (exact) mass is 638 g/mol. The molecule has 0 atom stereocenters. The lowest BCUT2D eigenvalue weighted by Gasteiger charge is -2.17. The molecule has 0 fully saturated rings. The van der Waals surface area contributed by atoms with Crippen molar-refractivity contribution in [2.24, 2.45) is 0 Å². The first-order valence-corrected chi connectivity index (χ1v) is 14.9. The molecule has 2 heterocycles. The van der Waals surface area contributed by atoms with Gasteiger partial charge < -0.3 is 32.8 Å². The summed E-state index contributed by atoms with van der Waals surface area (Å²) in [5.41, 5.74) is 2.20. The lowest BCUT2D eigenvalue weighted by Crippen LogP contribution is -2.12. The summed E-state index contributed by atoms with van der Waals surface area (Å²) in [6.07, 6.45) is 2.15. The molecular weight excluding hydrogens is 608 g/mol. The minimum atomic E-state index is -0.394. The van der Waals surface area contributed by atoms with Crippen molar-refractivity contribution in [2.45, 2.75) is 18.4 Å². The largest absolute Gasteiger partial charge is 0.496 e. The van der Waals surface area contributed by atoms with Crippen LogP contribution in [0.2, 0.25) is 5.02 Å². The van der Waals surface area contributed by atoms with Gasteiger partial charge in [0.15, 0.2) is 17.3 Å². The molecule has 12 heteroatoms. The van der Waals surface area contributed by atoms with E-state index in [4.69, 9.17) is 44.4 Å². The van der Waals surface area contributed by atoms with Crippen LogP contribution in [0.25, 0.3) is 33.2 Å². The fourth-order valence-electron chi connectivity index (χ4n) is 4.85. The SMILES string of the molecule is COc1cc(OC)c2c(=O)c(OCCCSc3ncnc4c(C)cc(Cl)cc34)c(-c3cc(OC)c(OC)c(OC)c3)oc2c1. The third-order valence-corrected chi connectivity index (χ3v) is 8.21. The Bertz CT molecular complexity index is 1870. The first-order valence-electron chi connectivity index (χ1n) is 13.5.